The summed E-state index contributed by atoms with van der Waals surface area (Å²) in [6.45, 7) is -0.843. The monoisotopic (exact) mass is 801 g/mol. The molecule has 4 aromatic rings. The number of rotatable bonds is 4. The first-order valence-corrected chi connectivity index (χ1v) is 17.2. The van der Waals surface area contributed by atoms with Crippen LogP contribution in [0.2, 0.25) is 0 Å². The summed E-state index contributed by atoms with van der Waals surface area (Å²) >= 11 is -0.472. The van der Waals surface area contributed by atoms with E-state index in [0.29, 0.717) is 0 Å². The molecule has 6 heterocycles. The van der Waals surface area contributed by atoms with Crippen LogP contribution in [-0.4, -0.2) is 120 Å². The number of nitrogens with zero attached hydrogens (tertiary/aromatic N) is 6. The molecule has 21 heteroatoms. The first-order valence-electron chi connectivity index (χ1n) is 11.6. The Balaban J connectivity index is 0.000000173. The van der Waals surface area contributed by atoms with Gasteiger partial charge >= 0.3 is 35.3 Å². The summed E-state index contributed by atoms with van der Waals surface area (Å²) < 4.78 is 13.4. The van der Waals surface area contributed by atoms with Crippen molar-refractivity contribution in [1.29, 1.82) is 0 Å². The van der Waals surface area contributed by atoms with E-state index in [2.05, 4.69) is 29.9 Å². The number of aliphatic hydroxyl groups excluding tert-OH is 6. The van der Waals surface area contributed by atoms with Crippen LogP contribution in [0.5, 0.6) is 0 Å². The van der Waals surface area contributed by atoms with Crippen LogP contribution in [0, 0.1) is 0 Å². The third-order valence-electron chi connectivity index (χ3n) is 6.31. The average Bonchev–Trinajstić information content (AvgIpc) is 3.72. The molecule has 0 saturated carbocycles. The van der Waals surface area contributed by atoms with Gasteiger partial charge in [-0.25, -0.2) is 19.9 Å². The van der Waals surface area contributed by atoms with Gasteiger partial charge in [0.25, 0.3) is 11.1 Å². The minimum absolute atomic E-state index is 0.111. The molecule has 8 unspecified atom stereocenters. The molecule has 41 heavy (non-hydrogen) atoms. The molecule has 8 atom stereocenters. The van der Waals surface area contributed by atoms with Crippen molar-refractivity contribution in [1.82, 2.24) is 39.0 Å². The molecule has 0 aromatic carbocycles. The molecule has 2 fully saturated rings. The Bertz CT molecular complexity index is 1450. The molecule has 2 saturated heterocycles. The van der Waals surface area contributed by atoms with Crippen LogP contribution in [-0.2, 0) is 26.0 Å². The number of imidazole rings is 2. The molecule has 0 bridgehead atoms. The number of hydrogen-bond acceptors (Lipinski definition) is 14. The van der Waals surface area contributed by atoms with Gasteiger partial charge in [0.05, 0.1) is 38.5 Å². The van der Waals surface area contributed by atoms with Gasteiger partial charge in [-0.2, -0.15) is 0 Å². The van der Waals surface area contributed by atoms with Crippen LogP contribution in [0.25, 0.3) is 22.3 Å². The third kappa shape index (κ3) is 6.23. The predicted octanol–water partition coefficient (Wildman–Crippen LogP) is -3.16. The summed E-state index contributed by atoms with van der Waals surface area (Å²) in [5, 5.41) is 57.3. The first kappa shape index (κ1) is 31.6. The van der Waals surface area contributed by atoms with E-state index in [4.69, 9.17) is 38.5 Å². The zero-order chi connectivity index (χ0) is 29.8. The van der Waals surface area contributed by atoms with E-state index in [1.54, 1.807) is 0 Å². The van der Waals surface area contributed by atoms with Crippen LogP contribution in [0.15, 0.2) is 34.9 Å². The molecule has 6 rings (SSSR count). The normalized spacial score (nSPS) is 29.4. The number of aromatic nitrogens is 8. The zero-order valence-electron chi connectivity index (χ0n) is 20.4. The van der Waals surface area contributed by atoms with Crippen molar-refractivity contribution in [3.63, 3.8) is 0 Å². The molecule has 0 aliphatic carbocycles. The Morgan fingerprint density at radius 3 is 1.41 bits per heavy atom. The van der Waals surface area contributed by atoms with Gasteiger partial charge in [-0.05, 0) is 0 Å². The maximum atomic E-state index is 11.5. The van der Waals surface area contributed by atoms with E-state index in [1.807, 2.05) is 0 Å². The second kappa shape index (κ2) is 13.7. The fraction of sp³-hybridized carbons (Fsp3) is 0.500. The second-order valence-electron chi connectivity index (χ2n) is 8.61. The number of nitrogens with one attached hydrogen (secondary N) is 2. The topological polar surface area (TPSA) is 267 Å². The molecule has 2 aliphatic rings. The number of hydrogen-bond donors (Lipinski definition) is 8. The van der Waals surface area contributed by atoms with Gasteiger partial charge in [0.15, 0.2) is 34.8 Å². The van der Waals surface area contributed by atoms with Gasteiger partial charge in [0.1, 0.15) is 36.6 Å². The number of aliphatic hydroxyl groups is 6. The summed E-state index contributed by atoms with van der Waals surface area (Å²) in [4.78, 5) is 43.5. The van der Waals surface area contributed by atoms with Gasteiger partial charge in [-0.1, -0.05) is 0 Å². The van der Waals surface area contributed by atoms with Crippen LogP contribution in [0.1, 0.15) is 12.5 Å². The Kier molecular flexibility index (Phi) is 10.6. The van der Waals surface area contributed by atoms with Gasteiger partial charge < -0.3 is 50.1 Å². The molecule has 8 N–H and O–H groups in total. The van der Waals surface area contributed by atoms with Gasteiger partial charge in [-0.15, -0.1) is 0 Å². The van der Waals surface area contributed by atoms with Gasteiger partial charge in [0, 0.05) is 0 Å². The molecule has 2 aliphatic heterocycles. The van der Waals surface area contributed by atoms with E-state index in [9.17, 15) is 30.0 Å². The van der Waals surface area contributed by atoms with Crippen LogP contribution < -0.4 is 11.1 Å². The molecule has 228 valence electrons. The van der Waals surface area contributed by atoms with Crippen LogP contribution in [0.4, 0.5) is 0 Å². The molecule has 18 nitrogen and oxygen atoms in total. The SMILES string of the molecule is O=c1[nH]cnc2c1ncn2C1OC(CO)C(O)C1O.O=c1[nH]cnc2c1ncn2C1OC(CO)C(O)C1O.[Cl][Pt][Cl]. The molecule has 4 aromatic heterocycles. The van der Waals surface area contributed by atoms with E-state index < -0.39 is 89.9 Å². The zero-order valence-corrected chi connectivity index (χ0v) is 24.2. The quantitative estimate of drug-likeness (QED) is 0.101. The molecule has 0 amide bonds. The molecular weight excluding hydrogens is 778 g/mol. The Morgan fingerprint density at radius 2 is 1.10 bits per heavy atom. The van der Waals surface area contributed by atoms with Crippen molar-refractivity contribution in [3.8, 4) is 0 Å². The predicted molar refractivity (Wildman–Crippen MR) is 134 cm³/mol. The molecule has 0 radical (unpaired) electrons. The van der Waals surface area contributed by atoms with E-state index in [0.717, 1.165) is 0 Å². The van der Waals surface area contributed by atoms with E-state index in [-0.39, 0.29) is 22.3 Å². The van der Waals surface area contributed by atoms with Gasteiger partial charge in [-0.3, -0.25) is 18.7 Å². The van der Waals surface area contributed by atoms with Crippen molar-refractivity contribution in [3.05, 3.63) is 46.0 Å². The van der Waals surface area contributed by atoms with Crippen LogP contribution >= 0.6 is 18.8 Å². The number of ether oxygens (including phenoxy) is 2. The third-order valence-corrected chi connectivity index (χ3v) is 6.31. The Morgan fingerprint density at radius 1 is 0.732 bits per heavy atom. The summed E-state index contributed by atoms with van der Waals surface area (Å²) in [6.07, 6.45) is -3.57. The summed E-state index contributed by atoms with van der Waals surface area (Å²) in [5.74, 6) is 0. The van der Waals surface area contributed by atoms with Crippen LogP contribution in [0.3, 0.4) is 0 Å². The fourth-order valence-electron chi connectivity index (χ4n) is 4.32. The number of H-pyrrole nitrogens is 2. The number of aromatic amines is 2. The fourth-order valence-corrected chi connectivity index (χ4v) is 4.32. The van der Waals surface area contributed by atoms with Gasteiger partial charge in [0.2, 0.25) is 0 Å². The van der Waals surface area contributed by atoms with Crippen molar-refractivity contribution >= 4 is 41.2 Å². The van der Waals surface area contributed by atoms with E-state index >= 15 is 0 Å². The van der Waals surface area contributed by atoms with Crippen molar-refractivity contribution in [2.24, 2.45) is 0 Å². The summed E-state index contributed by atoms with van der Waals surface area (Å²) in [7, 11) is 9.75. The second-order valence-corrected chi connectivity index (χ2v) is 11.9. The van der Waals surface area contributed by atoms with Crippen molar-refractivity contribution < 1.29 is 56.6 Å². The molecular formula is C20H24Cl2N8O10Pt. The van der Waals surface area contributed by atoms with Crippen molar-refractivity contribution in [2.75, 3.05) is 13.2 Å². The van der Waals surface area contributed by atoms with E-state index in [1.165, 1.54) is 34.4 Å². The summed E-state index contributed by atoms with van der Waals surface area (Å²) in [5.41, 5.74) is -0.122. The summed E-state index contributed by atoms with van der Waals surface area (Å²) in [6, 6.07) is 0. The number of halogens is 2. The standard InChI is InChI=1S/2C10H12N4O5.2ClH.Pt/c2*15-1-4-6(16)7(17)10(19-4)14-3-13-5-8(14)11-2-12-9(5)18;;;/h2*2-4,6-7,10,15-17H,1H2,(H,11,12,18);2*1H;/q;;;;+2/p-2. The maximum absolute atomic E-state index is 11.5. The first-order chi connectivity index (χ1) is 19.7. The van der Waals surface area contributed by atoms with Crippen molar-refractivity contribution in [2.45, 2.75) is 49.1 Å². The molecule has 0 spiro atoms. The average molecular weight is 802 g/mol. The Hall–Kier alpha value is -2.35. The number of fused-ring (bicyclic) bond motifs is 2. The Labute approximate surface area is 244 Å². The minimum atomic E-state index is -1.24.